The van der Waals surface area contributed by atoms with Crippen LogP contribution in [-0.2, 0) is 16.1 Å². The fourth-order valence-corrected chi connectivity index (χ4v) is 3.78. The third-order valence-corrected chi connectivity index (χ3v) is 5.37. The second-order valence-electron chi connectivity index (χ2n) is 6.97. The first-order chi connectivity index (χ1) is 14.0. The van der Waals surface area contributed by atoms with Crippen LogP contribution in [0.1, 0.15) is 5.56 Å². The molecule has 148 valence electrons. The van der Waals surface area contributed by atoms with Gasteiger partial charge in [0.1, 0.15) is 6.04 Å². The zero-order chi connectivity index (χ0) is 20.5. The number of anilines is 1. The molecule has 29 heavy (non-hydrogen) atoms. The number of hydrogen-bond donors (Lipinski definition) is 2. The van der Waals surface area contributed by atoms with Crippen molar-refractivity contribution in [3.8, 4) is 0 Å². The van der Waals surface area contributed by atoms with Gasteiger partial charge in [-0.2, -0.15) is 0 Å². The number of rotatable bonds is 4. The summed E-state index contributed by atoms with van der Waals surface area (Å²) < 4.78 is 0. The third kappa shape index (κ3) is 3.56. The van der Waals surface area contributed by atoms with Crippen LogP contribution in [0.3, 0.4) is 0 Å². The highest BCUT2D eigenvalue weighted by atomic mass is 35.5. The molecule has 0 aliphatic carbocycles. The molecular formula is C21H19ClN4O3. The van der Waals surface area contributed by atoms with E-state index in [-0.39, 0.29) is 12.5 Å². The van der Waals surface area contributed by atoms with E-state index in [2.05, 4.69) is 10.6 Å². The minimum atomic E-state index is -0.727. The Labute approximate surface area is 172 Å². The Kier molecular flexibility index (Phi) is 4.98. The molecule has 2 aromatic carbocycles. The SMILES string of the molecule is CN1C=C(C(=O)Nc2ccccc2Cl)C2NC(=O)N(Cc3ccccc3)C(=O)C21. The molecule has 8 heteroatoms. The lowest BCUT2D eigenvalue weighted by Crippen LogP contribution is -2.64. The molecule has 2 aromatic rings. The summed E-state index contributed by atoms with van der Waals surface area (Å²) in [4.78, 5) is 41.3. The molecule has 0 spiro atoms. The summed E-state index contributed by atoms with van der Waals surface area (Å²) in [5, 5.41) is 5.95. The van der Waals surface area contributed by atoms with E-state index in [0.29, 0.717) is 16.3 Å². The predicted octanol–water partition coefficient (Wildman–Crippen LogP) is 2.60. The van der Waals surface area contributed by atoms with Crippen LogP contribution < -0.4 is 10.6 Å². The molecule has 0 bridgehead atoms. The summed E-state index contributed by atoms with van der Waals surface area (Å²) >= 11 is 6.11. The maximum Gasteiger partial charge on any atom is 0.325 e. The van der Waals surface area contributed by atoms with Gasteiger partial charge >= 0.3 is 6.03 Å². The molecule has 1 fully saturated rings. The Morgan fingerprint density at radius 3 is 2.52 bits per heavy atom. The monoisotopic (exact) mass is 410 g/mol. The summed E-state index contributed by atoms with van der Waals surface area (Å²) in [6.07, 6.45) is 1.59. The van der Waals surface area contributed by atoms with E-state index >= 15 is 0 Å². The van der Waals surface area contributed by atoms with Crippen LogP contribution in [0, 0.1) is 0 Å². The van der Waals surface area contributed by atoms with E-state index in [9.17, 15) is 14.4 Å². The van der Waals surface area contributed by atoms with Crippen LogP contribution in [0.15, 0.2) is 66.4 Å². The lowest BCUT2D eigenvalue weighted by molar-refractivity contribution is -0.134. The fraction of sp³-hybridized carbons (Fsp3) is 0.190. The van der Waals surface area contributed by atoms with Gasteiger partial charge in [0.15, 0.2) is 0 Å². The zero-order valence-electron chi connectivity index (χ0n) is 15.6. The van der Waals surface area contributed by atoms with Gasteiger partial charge in [-0.15, -0.1) is 0 Å². The zero-order valence-corrected chi connectivity index (χ0v) is 16.4. The Morgan fingerprint density at radius 1 is 1.10 bits per heavy atom. The second-order valence-corrected chi connectivity index (χ2v) is 7.37. The van der Waals surface area contributed by atoms with Gasteiger partial charge in [0.25, 0.3) is 11.8 Å². The van der Waals surface area contributed by atoms with Crippen molar-refractivity contribution in [3.63, 3.8) is 0 Å². The van der Waals surface area contributed by atoms with Gasteiger partial charge in [-0.1, -0.05) is 54.1 Å². The lowest BCUT2D eigenvalue weighted by atomic mass is 9.99. The Hall–Kier alpha value is -3.32. The molecule has 2 aliphatic heterocycles. The van der Waals surface area contributed by atoms with Gasteiger partial charge in [0, 0.05) is 13.2 Å². The molecule has 0 aromatic heterocycles. The maximum atomic E-state index is 13.1. The molecule has 2 aliphatic rings. The van der Waals surface area contributed by atoms with Crippen molar-refractivity contribution in [3.05, 3.63) is 77.0 Å². The molecule has 7 nitrogen and oxygen atoms in total. The highest BCUT2D eigenvalue weighted by molar-refractivity contribution is 6.34. The number of benzene rings is 2. The fourth-order valence-electron chi connectivity index (χ4n) is 3.60. The molecule has 0 radical (unpaired) electrons. The largest absolute Gasteiger partial charge is 0.366 e. The molecule has 1 saturated heterocycles. The standard InChI is InChI=1S/C21H19ClN4O3/c1-25-12-14(19(27)23-16-10-6-5-9-15(16)22)17-18(25)20(28)26(21(29)24-17)11-13-7-3-2-4-8-13/h2-10,12,17-18H,11H2,1H3,(H,23,27)(H,24,29). The van der Waals surface area contributed by atoms with Crippen molar-refractivity contribution in [2.24, 2.45) is 0 Å². The lowest BCUT2D eigenvalue weighted by Gasteiger charge is -2.37. The van der Waals surface area contributed by atoms with Crippen molar-refractivity contribution in [2.45, 2.75) is 18.6 Å². The number of fused-ring (bicyclic) bond motifs is 1. The van der Waals surface area contributed by atoms with Crippen LogP contribution in [0.5, 0.6) is 0 Å². The first kappa shape index (κ1) is 19.0. The van der Waals surface area contributed by atoms with E-state index in [0.717, 1.165) is 5.56 Å². The van der Waals surface area contributed by atoms with Crippen LogP contribution in [-0.4, -0.2) is 46.8 Å². The number of urea groups is 1. The minimum Gasteiger partial charge on any atom is -0.366 e. The number of halogens is 1. The molecule has 2 N–H and O–H groups in total. The summed E-state index contributed by atoms with van der Waals surface area (Å²) in [6.45, 7) is 0.170. The molecule has 4 amide bonds. The van der Waals surface area contributed by atoms with E-state index in [1.165, 1.54) is 4.90 Å². The topological polar surface area (TPSA) is 81.8 Å². The molecule has 2 atom stereocenters. The quantitative estimate of drug-likeness (QED) is 0.811. The Morgan fingerprint density at radius 2 is 1.79 bits per heavy atom. The number of carbonyl (C=O) groups excluding carboxylic acids is 3. The van der Waals surface area contributed by atoms with E-state index < -0.39 is 24.0 Å². The van der Waals surface area contributed by atoms with E-state index in [4.69, 9.17) is 11.6 Å². The van der Waals surface area contributed by atoms with Crippen molar-refractivity contribution in [2.75, 3.05) is 12.4 Å². The van der Waals surface area contributed by atoms with Crippen LogP contribution in [0.25, 0.3) is 0 Å². The second kappa shape index (κ2) is 7.60. The number of para-hydroxylation sites is 1. The number of carbonyl (C=O) groups is 3. The Balaban J connectivity index is 1.53. The summed E-state index contributed by atoms with van der Waals surface area (Å²) in [7, 11) is 1.71. The molecular weight excluding hydrogens is 392 g/mol. The van der Waals surface area contributed by atoms with Gasteiger partial charge in [-0.05, 0) is 17.7 Å². The van der Waals surface area contributed by atoms with Crippen molar-refractivity contribution in [1.29, 1.82) is 0 Å². The summed E-state index contributed by atoms with van der Waals surface area (Å²) in [6, 6.07) is 14.2. The molecule has 2 unspecified atom stereocenters. The molecule has 4 rings (SSSR count). The van der Waals surface area contributed by atoms with Crippen molar-refractivity contribution in [1.82, 2.24) is 15.1 Å². The predicted molar refractivity (Wildman–Crippen MR) is 109 cm³/mol. The minimum absolute atomic E-state index is 0.170. The highest BCUT2D eigenvalue weighted by Crippen LogP contribution is 2.29. The van der Waals surface area contributed by atoms with Crippen LogP contribution >= 0.6 is 11.6 Å². The number of nitrogens with one attached hydrogen (secondary N) is 2. The summed E-state index contributed by atoms with van der Waals surface area (Å²) in [5.74, 6) is -0.760. The number of likely N-dealkylation sites (N-methyl/N-ethyl adjacent to an activating group) is 1. The average molecular weight is 411 g/mol. The van der Waals surface area contributed by atoms with Crippen molar-refractivity contribution < 1.29 is 14.4 Å². The number of imide groups is 1. The number of nitrogens with zero attached hydrogens (tertiary/aromatic N) is 2. The third-order valence-electron chi connectivity index (χ3n) is 5.04. The molecule has 0 saturated carbocycles. The van der Waals surface area contributed by atoms with Gasteiger partial charge in [0.05, 0.1) is 28.9 Å². The smallest absolute Gasteiger partial charge is 0.325 e. The number of amides is 4. The molecule has 2 heterocycles. The maximum absolute atomic E-state index is 13.1. The van der Waals surface area contributed by atoms with Gasteiger partial charge in [-0.25, -0.2) is 4.79 Å². The van der Waals surface area contributed by atoms with E-state index in [1.54, 1.807) is 42.4 Å². The van der Waals surface area contributed by atoms with Crippen LogP contribution in [0.2, 0.25) is 5.02 Å². The highest BCUT2D eigenvalue weighted by Gasteiger charge is 2.49. The Bertz CT molecular complexity index is 1010. The van der Waals surface area contributed by atoms with Crippen LogP contribution in [0.4, 0.5) is 10.5 Å². The number of hydrogen-bond acceptors (Lipinski definition) is 4. The van der Waals surface area contributed by atoms with E-state index in [1.807, 2.05) is 30.3 Å². The van der Waals surface area contributed by atoms with Gasteiger partial charge in [-0.3, -0.25) is 14.5 Å². The van der Waals surface area contributed by atoms with Gasteiger partial charge < -0.3 is 15.5 Å². The normalized spacial score (nSPS) is 20.8. The first-order valence-electron chi connectivity index (χ1n) is 9.11. The van der Waals surface area contributed by atoms with Gasteiger partial charge in [0.2, 0.25) is 0 Å². The first-order valence-corrected chi connectivity index (χ1v) is 9.49. The summed E-state index contributed by atoms with van der Waals surface area (Å²) in [5.41, 5.74) is 1.61. The average Bonchev–Trinajstić information content (AvgIpc) is 3.04. The van der Waals surface area contributed by atoms with Crippen molar-refractivity contribution >= 4 is 35.1 Å².